The number of hydrogen-bond donors (Lipinski definition) is 2. The van der Waals surface area contributed by atoms with Gasteiger partial charge in [0.15, 0.2) is 6.61 Å². The number of carbonyl (C=O) groups is 1. The molecule has 4 heteroatoms. The van der Waals surface area contributed by atoms with E-state index in [-0.39, 0.29) is 12.5 Å². The van der Waals surface area contributed by atoms with Gasteiger partial charge in [-0.2, -0.15) is 0 Å². The van der Waals surface area contributed by atoms with Crippen molar-refractivity contribution in [2.75, 3.05) is 13.2 Å². The van der Waals surface area contributed by atoms with E-state index in [1.54, 1.807) is 0 Å². The molecule has 0 aromatic heterocycles. The van der Waals surface area contributed by atoms with E-state index in [0.717, 1.165) is 30.3 Å². The Kier molecular flexibility index (Phi) is 7.36. The van der Waals surface area contributed by atoms with E-state index < -0.39 is 0 Å². The van der Waals surface area contributed by atoms with Crippen LogP contribution in [0.3, 0.4) is 0 Å². The van der Waals surface area contributed by atoms with Crippen molar-refractivity contribution < 1.29 is 9.53 Å². The number of para-hydroxylation sites is 1. The van der Waals surface area contributed by atoms with Crippen molar-refractivity contribution in [2.24, 2.45) is 11.8 Å². The Morgan fingerprint density at radius 3 is 2.65 bits per heavy atom. The van der Waals surface area contributed by atoms with Crippen LogP contribution in [0.15, 0.2) is 24.3 Å². The summed E-state index contributed by atoms with van der Waals surface area (Å²) in [5, 5.41) is 6.59. The van der Waals surface area contributed by atoms with E-state index in [1.165, 1.54) is 51.4 Å². The predicted molar refractivity (Wildman–Crippen MR) is 105 cm³/mol. The SMILES string of the molecule is CC(CC1CCCCC1)NCc1ccccc1OCC(=O)NCC1CC1. The van der Waals surface area contributed by atoms with Crippen LogP contribution in [0.5, 0.6) is 5.75 Å². The van der Waals surface area contributed by atoms with Crippen molar-refractivity contribution in [2.45, 2.75) is 70.9 Å². The Balaban J connectivity index is 1.41. The molecule has 144 valence electrons. The molecule has 2 N–H and O–H groups in total. The highest BCUT2D eigenvalue weighted by Crippen LogP contribution is 2.28. The van der Waals surface area contributed by atoms with Crippen molar-refractivity contribution in [3.8, 4) is 5.75 Å². The molecule has 0 saturated heterocycles. The van der Waals surface area contributed by atoms with Gasteiger partial charge in [-0.05, 0) is 44.1 Å². The lowest BCUT2D eigenvalue weighted by molar-refractivity contribution is -0.123. The number of rotatable bonds is 10. The van der Waals surface area contributed by atoms with E-state index in [2.05, 4.69) is 23.6 Å². The van der Waals surface area contributed by atoms with Crippen molar-refractivity contribution in [3.05, 3.63) is 29.8 Å². The maximum atomic E-state index is 11.9. The van der Waals surface area contributed by atoms with Crippen molar-refractivity contribution >= 4 is 5.91 Å². The molecule has 0 spiro atoms. The molecule has 0 aliphatic heterocycles. The molecule has 4 nitrogen and oxygen atoms in total. The van der Waals surface area contributed by atoms with Crippen LogP contribution in [0.25, 0.3) is 0 Å². The second-order valence-corrected chi connectivity index (χ2v) is 8.17. The van der Waals surface area contributed by atoms with Crippen molar-refractivity contribution in [3.63, 3.8) is 0 Å². The smallest absolute Gasteiger partial charge is 0.257 e. The highest BCUT2D eigenvalue weighted by Gasteiger charge is 2.21. The number of carbonyl (C=O) groups excluding carboxylic acids is 1. The number of amides is 1. The zero-order valence-corrected chi connectivity index (χ0v) is 16.1. The summed E-state index contributed by atoms with van der Waals surface area (Å²) in [6.07, 6.45) is 10.7. The molecule has 1 atom stereocenters. The maximum Gasteiger partial charge on any atom is 0.257 e. The number of benzene rings is 1. The minimum absolute atomic E-state index is 0.0228. The molecule has 3 rings (SSSR count). The molecule has 0 radical (unpaired) electrons. The second-order valence-electron chi connectivity index (χ2n) is 8.17. The van der Waals surface area contributed by atoms with Gasteiger partial charge in [0.05, 0.1) is 0 Å². The maximum absolute atomic E-state index is 11.9. The molecule has 26 heavy (non-hydrogen) atoms. The molecule has 2 saturated carbocycles. The summed E-state index contributed by atoms with van der Waals surface area (Å²) >= 11 is 0. The first kappa shape index (κ1) is 19.2. The van der Waals surface area contributed by atoms with E-state index in [1.807, 2.05) is 18.2 Å². The minimum Gasteiger partial charge on any atom is -0.483 e. The lowest BCUT2D eigenvalue weighted by atomic mass is 9.85. The Bertz CT molecular complexity index is 565. The first-order valence-electron chi connectivity index (χ1n) is 10.4. The van der Waals surface area contributed by atoms with Crippen LogP contribution in [0.2, 0.25) is 0 Å². The summed E-state index contributed by atoms with van der Waals surface area (Å²) in [6, 6.07) is 8.54. The van der Waals surface area contributed by atoms with Gasteiger partial charge >= 0.3 is 0 Å². The van der Waals surface area contributed by atoms with E-state index in [0.29, 0.717) is 12.0 Å². The topological polar surface area (TPSA) is 50.4 Å². The van der Waals surface area contributed by atoms with Gasteiger partial charge in [0.2, 0.25) is 0 Å². The fourth-order valence-electron chi connectivity index (χ4n) is 3.86. The van der Waals surface area contributed by atoms with Gasteiger partial charge in [0.1, 0.15) is 5.75 Å². The average Bonchev–Trinajstić information content (AvgIpc) is 3.49. The molecule has 0 bridgehead atoms. The third kappa shape index (κ3) is 6.64. The van der Waals surface area contributed by atoms with Gasteiger partial charge in [0.25, 0.3) is 5.91 Å². The lowest BCUT2D eigenvalue weighted by Gasteiger charge is -2.25. The van der Waals surface area contributed by atoms with Crippen molar-refractivity contribution in [1.82, 2.24) is 10.6 Å². The van der Waals surface area contributed by atoms with Gasteiger partial charge in [-0.15, -0.1) is 0 Å². The van der Waals surface area contributed by atoms with Crippen LogP contribution in [-0.2, 0) is 11.3 Å². The Morgan fingerprint density at radius 1 is 1.12 bits per heavy atom. The molecular weight excluding hydrogens is 324 g/mol. The zero-order chi connectivity index (χ0) is 18.2. The summed E-state index contributed by atoms with van der Waals surface area (Å²) in [4.78, 5) is 11.9. The fourth-order valence-corrected chi connectivity index (χ4v) is 3.86. The summed E-state index contributed by atoms with van der Waals surface area (Å²) < 4.78 is 5.78. The highest BCUT2D eigenvalue weighted by molar-refractivity contribution is 5.77. The van der Waals surface area contributed by atoms with Crippen LogP contribution in [0, 0.1) is 11.8 Å². The molecule has 2 aliphatic rings. The number of ether oxygens (including phenoxy) is 1. The van der Waals surface area contributed by atoms with Gasteiger partial charge < -0.3 is 15.4 Å². The Morgan fingerprint density at radius 2 is 1.88 bits per heavy atom. The summed E-state index contributed by atoms with van der Waals surface area (Å²) in [5.41, 5.74) is 1.12. The van der Waals surface area contributed by atoms with Crippen LogP contribution < -0.4 is 15.4 Å². The zero-order valence-electron chi connectivity index (χ0n) is 16.1. The van der Waals surface area contributed by atoms with Gasteiger partial charge in [-0.1, -0.05) is 50.3 Å². The molecule has 1 aromatic rings. The molecule has 1 unspecified atom stereocenters. The lowest BCUT2D eigenvalue weighted by Crippen LogP contribution is -2.31. The molecule has 0 heterocycles. The van der Waals surface area contributed by atoms with Crippen LogP contribution in [-0.4, -0.2) is 25.1 Å². The third-order valence-electron chi connectivity index (χ3n) is 5.67. The van der Waals surface area contributed by atoms with Gasteiger partial charge in [-0.3, -0.25) is 4.79 Å². The molecule has 1 aromatic carbocycles. The van der Waals surface area contributed by atoms with E-state index in [9.17, 15) is 4.79 Å². The molecule has 1 amide bonds. The van der Waals surface area contributed by atoms with Crippen LogP contribution >= 0.6 is 0 Å². The summed E-state index contributed by atoms with van der Waals surface area (Å²) in [7, 11) is 0. The quantitative estimate of drug-likeness (QED) is 0.664. The molecular formula is C22H34N2O2. The standard InChI is InChI=1S/C22H34N2O2/c1-17(13-18-7-3-2-4-8-18)23-15-20-9-5-6-10-21(20)26-16-22(25)24-14-19-11-12-19/h5-6,9-10,17-19,23H,2-4,7-8,11-16H2,1H3,(H,24,25). The normalized spacial score (nSPS) is 19.1. The van der Waals surface area contributed by atoms with Crippen molar-refractivity contribution in [1.29, 1.82) is 0 Å². The first-order valence-corrected chi connectivity index (χ1v) is 10.4. The first-order chi connectivity index (χ1) is 12.7. The summed E-state index contributed by atoms with van der Waals surface area (Å²) in [5.74, 6) is 2.37. The van der Waals surface area contributed by atoms with Crippen LogP contribution in [0.1, 0.15) is 63.9 Å². The monoisotopic (exact) mass is 358 g/mol. The third-order valence-corrected chi connectivity index (χ3v) is 5.67. The summed E-state index contributed by atoms with van der Waals surface area (Å²) in [6.45, 7) is 3.96. The minimum atomic E-state index is -0.0228. The Hall–Kier alpha value is -1.55. The predicted octanol–water partition coefficient (Wildman–Crippen LogP) is 4.04. The van der Waals surface area contributed by atoms with Gasteiger partial charge in [0, 0.05) is 24.7 Å². The molecule has 2 aliphatic carbocycles. The largest absolute Gasteiger partial charge is 0.483 e. The van der Waals surface area contributed by atoms with E-state index >= 15 is 0 Å². The second kappa shape index (κ2) is 9.96. The number of nitrogens with one attached hydrogen (secondary N) is 2. The fraction of sp³-hybridized carbons (Fsp3) is 0.682. The highest BCUT2D eigenvalue weighted by atomic mass is 16.5. The molecule has 2 fully saturated rings. The number of hydrogen-bond acceptors (Lipinski definition) is 3. The van der Waals surface area contributed by atoms with E-state index in [4.69, 9.17) is 4.74 Å². The average molecular weight is 359 g/mol. The Labute approximate surface area is 158 Å². The van der Waals surface area contributed by atoms with Gasteiger partial charge in [-0.25, -0.2) is 0 Å². The van der Waals surface area contributed by atoms with Crippen LogP contribution in [0.4, 0.5) is 0 Å².